The molecule has 6 N–H and O–H groups in total. The van der Waals surface area contributed by atoms with Crippen molar-refractivity contribution < 1.29 is 9.90 Å². The van der Waals surface area contributed by atoms with Gasteiger partial charge in [-0.05, 0) is 60.3 Å². The Morgan fingerprint density at radius 3 is 2.70 bits per heavy atom. The van der Waals surface area contributed by atoms with E-state index in [1.54, 1.807) is 18.2 Å². The lowest BCUT2D eigenvalue weighted by Gasteiger charge is -2.09. The van der Waals surface area contributed by atoms with Gasteiger partial charge in [0.1, 0.15) is 5.00 Å². The van der Waals surface area contributed by atoms with Gasteiger partial charge in [-0.25, -0.2) is 0 Å². The fourth-order valence-electron chi connectivity index (χ4n) is 2.67. The number of nitrogen functional groups attached to an aromatic ring is 1. The summed E-state index contributed by atoms with van der Waals surface area (Å²) in [6.45, 7) is 1.73. The molecule has 0 radical (unpaired) electrons. The normalized spacial score (nSPS) is 10.8. The number of benzene rings is 2. The monoisotopic (exact) mass is 419 g/mol. The molecule has 0 aliphatic heterocycles. The maximum Gasteiger partial charge on any atom is 0.256 e. The van der Waals surface area contributed by atoms with Crippen molar-refractivity contribution in [2.45, 2.75) is 18.4 Å². The number of hydrogen-bond acceptors (Lipinski definition) is 6. The van der Waals surface area contributed by atoms with Crippen LogP contribution in [-0.4, -0.2) is 11.0 Å². The van der Waals surface area contributed by atoms with Gasteiger partial charge in [-0.1, -0.05) is 17.7 Å². The second kappa shape index (κ2) is 8.33. The van der Waals surface area contributed by atoms with Gasteiger partial charge < -0.3 is 16.2 Å². The lowest BCUT2D eigenvalue weighted by Crippen LogP contribution is -2.12. The molecule has 1 heterocycles. The number of amides is 1. The van der Waals surface area contributed by atoms with Crippen LogP contribution in [0.5, 0.6) is 0 Å². The van der Waals surface area contributed by atoms with Crippen LogP contribution in [-0.2, 0) is 6.61 Å². The first-order valence-corrected chi connectivity index (χ1v) is 10.1. The third kappa shape index (κ3) is 4.12. The summed E-state index contributed by atoms with van der Waals surface area (Å²) in [6.07, 6.45) is 0. The molecule has 0 spiro atoms. The van der Waals surface area contributed by atoms with Crippen LogP contribution in [0.2, 0.25) is 5.02 Å². The second-order valence-electron chi connectivity index (χ2n) is 5.90. The molecule has 2 aromatic carbocycles. The average Bonchev–Trinajstić information content (AvgIpc) is 3.06. The van der Waals surface area contributed by atoms with Gasteiger partial charge in [-0.15, -0.1) is 11.3 Å². The van der Waals surface area contributed by atoms with Gasteiger partial charge in [0.15, 0.2) is 0 Å². The third-order valence-electron chi connectivity index (χ3n) is 4.15. The van der Waals surface area contributed by atoms with Crippen molar-refractivity contribution in [1.82, 2.24) is 0 Å². The third-order valence-corrected chi connectivity index (χ3v) is 6.13. The topological polar surface area (TPSA) is 101 Å². The zero-order chi connectivity index (χ0) is 19.6. The van der Waals surface area contributed by atoms with E-state index in [1.807, 2.05) is 30.5 Å². The molecule has 0 aliphatic rings. The van der Waals surface area contributed by atoms with Crippen LogP contribution in [0, 0.1) is 6.92 Å². The van der Waals surface area contributed by atoms with E-state index in [0.717, 1.165) is 28.6 Å². The van der Waals surface area contributed by atoms with Crippen molar-refractivity contribution in [3.05, 3.63) is 63.5 Å². The number of rotatable bonds is 5. The van der Waals surface area contributed by atoms with Gasteiger partial charge in [0.05, 0.1) is 6.61 Å². The number of aryl methyl sites for hydroxylation is 1. The van der Waals surface area contributed by atoms with Crippen LogP contribution in [0.15, 0.2) is 46.7 Å². The van der Waals surface area contributed by atoms with Gasteiger partial charge in [-0.2, -0.15) is 0 Å². The van der Waals surface area contributed by atoms with Crippen LogP contribution in [0.1, 0.15) is 21.5 Å². The van der Waals surface area contributed by atoms with E-state index in [2.05, 4.69) is 5.32 Å². The van der Waals surface area contributed by atoms with Gasteiger partial charge >= 0.3 is 0 Å². The molecule has 1 aromatic heterocycles. The van der Waals surface area contributed by atoms with Crippen LogP contribution < -0.4 is 16.2 Å². The van der Waals surface area contributed by atoms with Crippen LogP contribution in [0.3, 0.4) is 0 Å². The van der Waals surface area contributed by atoms with E-state index in [9.17, 15) is 9.90 Å². The Kier molecular flexibility index (Phi) is 6.08. The molecular formula is C19H18ClN3O2S2. The van der Waals surface area contributed by atoms with Crippen molar-refractivity contribution in [3.63, 3.8) is 0 Å². The summed E-state index contributed by atoms with van der Waals surface area (Å²) in [6, 6.07) is 10.6. The van der Waals surface area contributed by atoms with E-state index >= 15 is 0 Å². The first-order chi connectivity index (χ1) is 12.9. The lowest BCUT2D eigenvalue weighted by atomic mass is 10.0. The maximum atomic E-state index is 12.6. The highest BCUT2D eigenvalue weighted by atomic mass is 35.5. The number of halogens is 1. The minimum atomic E-state index is -0.300. The quantitative estimate of drug-likeness (QED) is 0.355. The number of nitrogens with two attached hydrogens (primary N) is 2. The summed E-state index contributed by atoms with van der Waals surface area (Å²) in [5.74, 6) is -0.300. The SMILES string of the molecule is Cc1cc(-c2csc(NC(=O)c3ccc(SN)c(N)c3)c2CO)ccc1Cl. The molecule has 0 saturated heterocycles. The van der Waals surface area contributed by atoms with Gasteiger partial charge in [0, 0.05) is 37.7 Å². The summed E-state index contributed by atoms with van der Waals surface area (Å²) in [4.78, 5) is 13.3. The molecule has 0 bridgehead atoms. The highest BCUT2D eigenvalue weighted by Crippen LogP contribution is 2.37. The van der Waals surface area contributed by atoms with Crippen molar-refractivity contribution in [2.75, 3.05) is 11.1 Å². The number of carbonyl (C=O) groups excluding carboxylic acids is 1. The Morgan fingerprint density at radius 2 is 2.07 bits per heavy atom. The molecule has 140 valence electrons. The van der Waals surface area contributed by atoms with Crippen LogP contribution >= 0.6 is 34.9 Å². The van der Waals surface area contributed by atoms with Crippen molar-refractivity contribution in [1.29, 1.82) is 0 Å². The van der Waals surface area contributed by atoms with E-state index in [4.69, 9.17) is 22.5 Å². The molecule has 3 rings (SSSR count). The van der Waals surface area contributed by atoms with Crippen LogP contribution in [0.4, 0.5) is 10.7 Å². The summed E-state index contributed by atoms with van der Waals surface area (Å²) in [5, 5.41) is 21.4. The molecule has 8 heteroatoms. The molecule has 3 aromatic rings. The molecule has 0 unspecified atom stereocenters. The summed E-state index contributed by atoms with van der Waals surface area (Å²) >= 11 is 8.49. The lowest BCUT2D eigenvalue weighted by molar-refractivity contribution is 0.102. The predicted octanol–water partition coefficient (Wildman–Crippen LogP) is 4.67. The number of aliphatic hydroxyl groups excluding tert-OH is 1. The first kappa shape index (κ1) is 19.7. The molecule has 27 heavy (non-hydrogen) atoms. The highest BCUT2D eigenvalue weighted by Gasteiger charge is 2.17. The Bertz CT molecular complexity index is 1000. The number of aliphatic hydroxyl groups is 1. The summed E-state index contributed by atoms with van der Waals surface area (Å²) in [7, 11) is 0. The smallest absolute Gasteiger partial charge is 0.256 e. The Hall–Kier alpha value is -2.03. The number of thiophene rings is 1. The molecule has 0 fully saturated rings. The minimum Gasteiger partial charge on any atom is -0.398 e. The Balaban J connectivity index is 1.89. The van der Waals surface area contributed by atoms with E-state index in [0.29, 0.717) is 31.7 Å². The molecule has 1 amide bonds. The maximum absolute atomic E-state index is 12.6. The van der Waals surface area contributed by atoms with Crippen LogP contribution in [0.25, 0.3) is 11.1 Å². The largest absolute Gasteiger partial charge is 0.398 e. The summed E-state index contributed by atoms with van der Waals surface area (Å²) in [5.41, 5.74) is 10.2. The molecular weight excluding hydrogens is 402 g/mol. The number of hydrogen-bond donors (Lipinski definition) is 4. The van der Waals surface area contributed by atoms with E-state index in [1.165, 1.54) is 11.3 Å². The fourth-order valence-corrected chi connectivity index (χ4v) is 4.11. The molecule has 0 atom stereocenters. The van der Waals surface area contributed by atoms with E-state index in [-0.39, 0.29) is 12.5 Å². The Morgan fingerprint density at radius 1 is 1.30 bits per heavy atom. The second-order valence-corrected chi connectivity index (χ2v) is 7.87. The molecule has 0 saturated carbocycles. The van der Waals surface area contributed by atoms with Crippen molar-refractivity contribution in [3.8, 4) is 11.1 Å². The predicted molar refractivity (Wildman–Crippen MR) is 114 cm³/mol. The molecule has 5 nitrogen and oxygen atoms in total. The Labute approximate surface area is 170 Å². The van der Waals surface area contributed by atoms with Gasteiger partial charge in [0.25, 0.3) is 5.91 Å². The zero-order valence-corrected chi connectivity index (χ0v) is 16.8. The van der Waals surface area contributed by atoms with E-state index < -0.39 is 0 Å². The highest BCUT2D eigenvalue weighted by molar-refractivity contribution is 7.97. The number of nitrogens with one attached hydrogen (secondary N) is 1. The molecule has 0 aliphatic carbocycles. The van der Waals surface area contributed by atoms with Crippen molar-refractivity contribution >= 4 is 51.5 Å². The standard InChI is InChI=1S/C19H18ClN3O2S2/c1-10-6-11(2-4-15(10)20)14-9-26-19(13(14)8-24)23-18(25)12-3-5-17(27-22)16(21)7-12/h2-7,9,24H,8,21-22H2,1H3,(H,23,25). The van der Waals surface area contributed by atoms with Crippen molar-refractivity contribution in [2.24, 2.45) is 5.14 Å². The minimum absolute atomic E-state index is 0.193. The average molecular weight is 420 g/mol. The fraction of sp³-hybridized carbons (Fsp3) is 0.105. The number of carbonyl (C=O) groups is 1. The summed E-state index contributed by atoms with van der Waals surface area (Å²) < 4.78 is 0. The zero-order valence-electron chi connectivity index (χ0n) is 14.5. The van der Waals surface area contributed by atoms with Gasteiger partial charge in [0.2, 0.25) is 0 Å². The number of anilines is 2. The first-order valence-electron chi connectivity index (χ1n) is 8.00. The van der Waals surface area contributed by atoms with Gasteiger partial charge in [-0.3, -0.25) is 9.93 Å².